The first-order chi connectivity index (χ1) is 10.2. The largest absolute Gasteiger partial charge is 0.497 e. The highest BCUT2D eigenvalue weighted by Gasteiger charge is 2.18. The molecule has 21 heavy (non-hydrogen) atoms. The summed E-state index contributed by atoms with van der Waals surface area (Å²) in [6, 6.07) is 8.06. The number of carbonyl (C=O) groups is 1. The highest BCUT2D eigenvalue weighted by atomic mass is 16.5. The minimum Gasteiger partial charge on any atom is -0.497 e. The van der Waals surface area contributed by atoms with E-state index in [1.807, 2.05) is 24.3 Å². The Morgan fingerprint density at radius 2 is 1.95 bits per heavy atom. The van der Waals surface area contributed by atoms with Gasteiger partial charge in [-0.3, -0.25) is 4.79 Å². The monoisotopic (exact) mass is 289 g/mol. The molecule has 1 aromatic carbocycles. The Kier molecular flexibility index (Phi) is 6.09. The summed E-state index contributed by atoms with van der Waals surface area (Å²) < 4.78 is 5.17. The maximum Gasteiger partial charge on any atom is 0.220 e. The van der Waals surface area contributed by atoms with E-state index in [9.17, 15) is 4.79 Å². The molecule has 3 nitrogen and oxygen atoms in total. The van der Waals surface area contributed by atoms with E-state index in [2.05, 4.69) is 12.2 Å². The average Bonchev–Trinajstić information content (AvgIpc) is 3.04. The van der Waals surface area contributed by atoms with E-state index in [4.69, 9.17) is 4.74 Å². The van der Waals surface area contributed by atoms with Crippen molar-refractivity contribution in [3.63, 3.8) is 0 Å². The number of methoxy groups -OCH3 is 1. The molecule has 0 heterocycles. The van der Waals surface area contributed by atoms with Crippen LogP contribution in [-0.4, -0.2) is 13.0 Å². The summed E-state index contributed by atoms with van der Waals surface area (Å²) in [6.07, 6.45) is 7.92. The first-order valence-electron chi connectivity index (χ1n) is 8.16. The number of nitrogens with one attached hydrogen (secondary N) is 1. The zero-order valence-electron chi connectivity index (χ0n) is 13.2. The molecule has 0 spiro atoms. The van der Waals surface area contributed by atoms with E-state index in [1.54, 1.807) is 7.11 Å². The molecule has 3 heteroatoms. The Balaban J connectivity index is 1.83. The fraction of sp³-hybridized carbons (Fsp3) is 0.611. The van der Waals surface area contributed by atoms with E-state index in [0.717, 1.165) is 30.1 Å². The quantitative estimate of drug-likeness (QED) is 0.815. The topological polar surface area (TPSA) is 38.3 Å². The Labute approximate surface area is 128 Å². The number of ether oxygens (including phenoxy) is 1. The van der Waals surface area contributed by atoms with Gasteiger partial charge < -0.3 is 10.1 Å². The Morgan fingerprint density at radius 1 is 1.29 bits per heavy atom. The second-order valence-corrected chi connectivity index (χ2v) is 5.99. The molecule has 0 saturated heterocycles. The minimum absolute atomic E-state index is 0.104. The van der Waals surface area contributed by atoms with Gasteiger partial charge in [0.25, 0.3) is 0 Å². The van der Waals surface area contributed by atoms with Gasteiger partial charge >= 0.3 is 0 Å². The molecule has 1 fully saturated rings. The third-order valence-corrected chi connectivity index (χ3v) is 4.52. The van der Waals surface area contributed by atoms with Crippen molar-refractivity contribution in [2.75, 3.05) is 7.11 Å². The first kappa shape index (κ1) is 15.9. The van der Waals surface area contributed by atoms with Crippen molar-refractivity contribution in [3.05, 3.63) is 29.8 Å². The molecule has 1 amide bonds. The number of benzene rings is 1. The highest BCUT2D eigenvalue weighted by molar-refractivity contribution is 5.76. The molecule has 0 bridgehead atoms. The van der Waals surface area contributed by atoms with Crippen LogP contribution < -0.4 is 10.1 Å². The highest BCUT2D eigenvalue weighted by Crippen LogP contribution is 2.28. The second kappa shape index (κ2) is 8.06. The van der Waals surface area contributed by atoms with Crippen molar-refractivity contribution >= 4 is 5.91 Å². The van der Waals surface area contributed by atoms with Gasteiger partial charge in [0, 0.05) is 6.42 Å². The van der Waals surface area contributed by atoms with E-state index in [0.29, 0.717) is 6.42 Å². The van der Waals surface area contributed by atoms with Crippen molar-refractivity contribution in [1.82, 2.24) is 5.32 Å². The molecule has 0 radical (unpaired) electrons. The van der Waals surface area contributed by atoms with Crippen molar-refractivity contribution in [3.8, 4) is 5.75 Å². The molecule has 1 atom stereocenters. The smallest absolute Gasteiger partial charge is 0.220 e. The van der Waals surface area contributed by atoms with Crippen LogP contribution in [0, 0.1) is 5.92 Å². The third kappa shape index (κ3) is 4.76. The van der Waals surface area contributed by atoms with Gasteiger partial charge in [-0.1, -0.05) is 44.7 Å². The summed E-state index contributed by atoms with van der Waals surface area (Å²) >= 11 is 0. The molecule has 0 aliphatic heterocycles. The predicted molar refractivity (Wildman–Crippen MR) is 85.4 cm³/mol. The first-order valence-corrected chi connectivity index (χ1v) is 8.16. The maximum atomic E-state index is 12.1. The molecular weight excluding hydrogens is 262 g/mol. The molecular formula is C18H27NO2. The van der Waals surface area contributed by atoms with Gasteiger partial charge in [0.1, 0.15) is 5.75 Å². The van der Waals surface area contributed by atoms with Gasteiger partial charge in [-0.15, -0.1) is 0 Å². The van der Waals surface area contributed by atoms with Crippen LogP contribution in [0.4, 0.5) is 0 Å². The molecule has 0 aromatic heterocycles. The summed E-state index contributed by atoms with van der Waals surface area (Å²) in [6.45, 7) is 2.10. The molecule has 2 rings (SSSR count). The average molecular weight is 289 g/mol. The van der Waals surface area contributed by atoms with E-state index in [1.165, 1.54) is 25.7 Å². The summed E-state index contributed by atoms with van der Waals surface area (Å²) in [5, 5.41) is 3.16. The SMILES string of the molecule is CCC(NC(=O)CCC1CCCC1)c1ccc(OC)cc1. The lowest BCUT2D eigenvalue weighted by atomic mass is 10.0. The number of rotatable bonds is 7. The van der Waals surface area contributed by atoms with Crippen molar-refractivity contribution < 1.29 is 9.53 Å². The maximum absolute atomic E-state index is 12.1. The van der Waals surface area contributed by atoms with E-state index in [-0.39, 0.29) is 11.9 Å². The van der Waals surface area contributed by atoms with Gasteiger partial charge in [-0.25, -0.2) is 0 Å². The number of hydrogen-bond donors (Lipinski definition) is 1. The summed E-state index contributed by atoms with van der Waals surface area (Å²) in [4.78, 5) is 12.1. The van der Waals surface area contributed by atoms with Gasteiger partial charge in [0.15, 0.2) is 0 Å². The number of carbonyl (C=O) groups excluding carboxylic acids is 1. The van der Waals surface area contributed by atoms with Gasteiger partial charge in [0.05, 0.1) is 13.2 Å². The van der Waals surface area contributed by atoms with Crippen molar-refractivity contribution in [2.24, 2.45) is 5.92 Å². The Bertz CT molecular complexity index is 435. The molecule has 1 aliphatic carbocycles. The summed E-state index contributed by atoms with van der Waals surface area (Å²) in [5.74, 6) is 1.81. The minimum atomic E-state index is 0.104. The number of amides is 1. The molecule has 1 aromatic rings. The zero-order valence-corrected chi connectivity index (χ0v) is 13.2. The lowest BCUT2D eigenvalue weighted by Gasteiger charge is -2.18. The van der Waals surface area contributed by atoms with Crippen LogP contribution in [0.25, 0.3) is 0 Å². The molecule has 1 saturated carbocycles. The van der Waals surface area contributed by atoms with Crippen LogP contribution in [0.2, 0.25) is 0 Å². The summed E-state index contributed by atoms with van der Waals surface area (Å²) in [7, 11) is 1.66. The van der Waals surface area contributed by atoms with Crippen molar-refractivity contribution in [1.29, 1.82) is 0 Å². The zero-order chi connectivity index (χ0) is 15.1. The summed E-state index contributed by atoms with van der Waals surface area (Å²) in [5.41, 5.74) is 1.15. The van der Waals surface area contributed by atoms with Gasteiger partial charge in [0.2, 0.25) is 5.91 Å². The number of hydrogen-bond acceptors (Lipinski definition) is 2. The lowest BCUT2D eigenvalue weighted by molar-refractivity contribution is -0.122. The second-order valence-electron chi connectivity index (χ2n) is 5.99. The third-order valence-electron chi connectivity index (χ3n) is 4.52. The van der Waals surface area contributed by atoms with E-state index < -0.39 is 0 Å². The van der Waals surface area contributed by atoms with Crippen LogP contribution in [0.3, 0.4) is 0 Å². The Hall–Kier alpha value is -1.51. The normalized spacial score (nSPS) is 16.7. The lowest BCUT2D eigenvalue weighted by Crippen LogP contribution is -2.28. The van der Waals surface area contributed by atoms with E-state index >= 15 is 0 Å². The Morgan fingerprint density at radius 3 is 2.52 bits per heavy atom. The van der Waals surface area contributed by atoms with Crippen molar-refractivity contribution in [2.45, 2.75) is 57.9 Å². The fourth-order valence-corrected chi connectivity index (χ4v) is 3.16. The molecule has 116 valence electrons. The standard InChI is InChI=1S/C18H27NO2/c1-3-17(15-9-11-16(21-2)12-10-15)19-18(20)13-8-14-6-4-5-7-14/h9-12,14,17H,3-8,13H2,1-2H3,(H,19,20). The van der Waals surface area contributed by atoms with Gasteiger partial charge in [-0.2, -0.15) is 0 Å². The van der Waals surface area contributed by atoms with Gasteiger partial charge in [-0.05, 0) is 36.5 Å². The molecule has 1 unspecified atom stereocenters. The van der Waals surface area contributed by atoms with Crippen LogP contribution >= 0.6 is 0 Å². The van der Waals surface area contributed by atoms with Crippen LogP contribution in [0.15, 0.2) is 24.3 Å². The van der Waals surface area contributed by atoms with Crippen LogP contribution in [0.5, 0.6) is 5.75 Å². The van der Waals surface area contributed by atoms with Crippen LogP contribution in [0.1, 0.15) is 63.5 Å². The van der Waals surface area contributed by atoms with Crippen LogP contribution in [-0.2, 0) is 4.79 Å². The fourth-order valence-electron chi connectivity index (χ4n) is 3.16. The predicted octanol–water partition coefficient (Wildman–Crippen LogP) is 4.23. The molecule has 1 N–H and O–H groups in total. The molecule has 1 aliphatic rings.